The predicted octanol–water partition coefficient (Wildman–Crippen LogP) is 0.898. The Morgan fingerprint density at radius 1 is 1.25 bits per heavy atom. The van der Waals surface area contributed by atoms with Crippen molar-refractivity contribution in [2.75, 3.05) is 60.4 Å². The van der Waals surface area contributed by atoms with Gasteiger partial charge in [-0.2, -0.15) is 0 Å². The van der Waals surface area contributed by atoms with Crippen LogP contribution in [0.2, 0.25) is 0 Å². The van der Waals surface area contributed by atoms with Crippen molar-refractivity contribution < 1.29 is 4.79 Å². The van der Waals surface area contributed by atoms with E-state index in [1.54, 1.807) is 0 Å². The van der Waals surface area contributed by atoms with Crippen LogP contribution in [-0.2, 0) is 0 Å². The molecule has 0 saturated carbocycles. The zero-order chi connectivity index (χ0) is 17.7. The van der Waals surface area contributed by atoms with Crippen LogP contribution in [0.15, 0.2) is 0 Å². The summed E-state index contributed by atoms with van der Waals surface area (Å²) in [6.45, 7) is 10.6. The highest BCUT2D eigenvalue weighted by Crippen LogP contribution is 2.36. The van der Waals surface area contributed by atoms with Gasteiger partial charge < -0.3 is 20.4 Å². The molecular weight excluding hydrogens is 302 g/mol. The Balaban J connectivity index is 1.74. The molecule has 3 rings (SSSR count). The molecule has 3 aliphatic rings. The lowest BCUT2D eigenvalue weighted by Gasteiger charge is -2.50. The van der Waals surface area contributed by atoms with Gasteiger partial charge in [-0.15, -0.1) is 0 Å². The zero-order valence-electron chi connectivity index (χ0n) is 16.2. The summed E-state index contributed by atoms with van der Waals surface area (Å²) in [6, 6.07) is 0.674. The quantitative estimate of drug-likeness (QED) is 0.690. The number of amides is 2. The molecule has 0 aliphatic carbocycles. The fourth-order valence-corrected chi connectivity index (χ4v) is 4.05. The van der Waals surface area contributed by atoms with Crippen molar-refractivity contribution in [3.05, 3.63) is 0 Å². The lowest BCUT2D eigenvalue weighted by atomic mass is 9.75. The second-order valence-electron chi connectivity index (χ2n) is 8.27. The van der Waals surface area contributed by atoms with Crippen molar-refractivity contribution in [2.45, 2.75) is 38.8 Å². The van der Waals surface area contributed by atoms with Crippen molar-refractivity contribution in [3.63, 3.8) is 0 Å². The number of rotatable bonds is 8. The molecule has 3 heterocycles. The fourth-order valence-electron chi connectivity index (χ4n) is 4.05. The van der Waals surface area contributed by atoms with Gasteiger partial charge in [0, 0.05) is 44.8 Å². The topological polar surface area (TPSA) is 50.9 Å². The number of carbonyl (C=O) groups is 1. The van der Waals surface area contributed by atoms with E-state index in [4.69, 9.17) is 0 Å². The number of hydrogen-bond acceptors (Lipinski definition) is 4. The molecule has 6 nitrogen and oxygen atoms in total. The van der Waals surface area contributed by atoms with Crippen molar-refractivity contribution >= 4 is 6.03 Å². The summed E-state index contributed by atoms with van der Waals surface area (Å²) in [5.74, 6) is 1.60. The van der Waals surface area contributed by atoms with Crippen molar-refractivity contribution in [3.8, 4) is 0 Å². The van der Waals surface area contributed by atoms with Crippen LogP contribution in [0.3, 0.4) is 0 Å². The van der Waals surface area contributed by atoms with E-state index in [9.17, 15) is 4.79 Å². The van der Waals surface area contributed by atoms with Crippen molar-refractivity contribution in [1.29, 1.82) is 0 Å². The summed E-state index contributed by atoms with van der Waals surface area (Å²) in [6.07, 6.45) is 2.55. The molecule has 4 atom stereocenters. The molecule has 24 heavy (non-hydrogen) atoms. The summed E-state index contributed by atoms with van der Waals surface area (Å²) >= 11 is 0. The zero-order valence-corrected chi connectivity index (χ0v) is 16.2. The molecule has 3 aliphatic heterocycles. The fraction of sp³-hybridized carbons (Fsp3) is 0.944. The van der Waals surface area contributed by atoms with E-state index in [0.717, 1.165) is 31.5 Å². The minimum atomic E-state index is -0.0346. The number of nitrogens with one attached hydrogen (secondary N) is 2. The van der Waals surface area contributed by atoms with Crippen LogP contribution in [0.1, 0.15) is 26.7 Å². The Morgan fingerprint density at radius 2 is 2.00 bits per heavy atom. The first-order chi connectivity index (χ1) is 11.3. The maximum atomic E-state index is 11.8. The molecule has 0 aromatic carbocycles. The van der Waals surface area contributed by atoms with Gasteiger partial charge in [-0.1, -0.05) is 0 Å². The largest absolute Gasteiger partial charge is 0.337 e. The van der Waals surface area contributed by atoms with Gasteiger partial charge in [0.05, 0.1) is 0 Å². The summed E-state index contributed by atoms with van der Waals surface area (Å²) in [5.41, 5.74) is 0. The van der Waals surface area contributed by atoms with Crippen LogP contribution >= 0.6 is 0 Å². The molecule has 3 fully saturated rings. The second-order valence-corrected chi connectivity index (χ2v) is 8.27. The monoisotopic (exact) mass is 339 g/mol. The highest BCUT2D eigenvalue weighted by Gasteiger charge is 2.40. The van der Waals surface area contributed by atoms with Crippen LogP contribution in [0.5, 0.6) is 0 Å². The molecule has 2 N–H and O–H groups in total. The minimum Gasteiger partial charge on any atom is -0.337 e. The molecule has 2 amide bonds. The number of hydrogen-bond donors (Lipinski definition) is 2. The first-order valence-corrected chi connectivity index (χ1v) is 9.46. The van der Waals surface area contributed by atoms with E-state index in [-0.39, 0.29) is 12.1 Å². The van der Waals surface area contributed by atoms with E-state index in [0.29, 0.717) is 6.04 Å². The lowest BCUT2D eigenvalue weighted by molar-refractivity contribution is -0.00863. The second kappa shape index (κ2) is 9.02. The Labute approximate surface area is 147 Å². The summed E-state index contributed by atoms with van der Waals surface area (Å²) < 4.78 is 0. The molecule has 1 unspecified atom stereocenters. The third-order valence-electron chi connectivity index (χ3n) is 5.41. The van der Waals surface area contributed by atoms with Gasteiger partial charge in [0.15, 0.2) is 0 Å². The normalized spacial score (nSPS) is 29.5. The third kappa shape index (κ3) is 5.90. The minimum absolute atomic E-state index is 0.0346. The highest BCUT2D eigenvalue weighted by molar-refractivity contribution is 5.74. The molecule has 0 aromatic heterocycles. The van der Waals surface area contributed by atoms with Gasteiger partial charge in [-0.05, 0) is 66.2 Å². The van der Waals surface area contributed by atoms with Gasteiger partial charge in [0.25, 0.3) is 0 Å². The van der Waals surface area contributed by atoms with E-state index in [1.807, 2.05) is 13.8 Å². The Kier molecular flexibility index (Phi) is 7.32. The molecule has 2 bridgehead atoms. The number of urea groups is 1. The summed E-state index contributed by atoms with van der Waals surface area (Å²) in [7, 11) is 6.51. The van der Waals surface area contributed by atoms with Crippen LogP contribution in [-0.4, -0.2) is 93.2 Å². The first-order valence-electron chi connectivity index (χ1n) is 9.46. The van der Waals surface area contributed by atoms with E-state index < -0.39 is 0 Å². The van der Waals surface area contributed by atoms with Gasteiger partial charge in [0.1, 0.15) is 0 Å². The maximum absolute atomic E-state index is 11.8. The molecular formula is C18H37N5O. The molecule has 3 saturated heterocycles. The van der Waals surface area contributed by atoms with Crippen LogP contribution in [0, 0.1) is 11.8 Å². The number of carbonyl (C=O) groups excluding carboxylic acids is 1. The Morgan fingerprint density at radius 3 is 2.58 bits per heavy atom. The van der Waals surface area contributed by atoms with E-state index in [2.05, 4.69) is 46.5 Å². The maximum Gasteiger partial charge on any atom is 0.315 e. The number of nitrogens with zero attached hydrogens (tertiary/aromatic N) is 3. The van der Waals surface area contributed by atoms with E-state index in [1.165, 1.54) is 32.5 Å². The van der Waals surface area contributed by atoms with Crippen LogP contribution < -0.4 is 10.6 Å². The number of piperidine rings is 3. The summed E-state index contributed by atoms with van der Waals surface area (Å²) in [4.78, 5) is 19.1. The highest BCUT2D eigenvalue weighted by atomic mass is 16.2. The predicted molar refractivity (Wildman–Crippen MR) is 99.3 cm³/mol. The number of fused-ring (bicyclic) bond motifs is 3. The summed E-state index contributed by atoms with van der Waals surface area (Å²) in [5, 5.41) is 5.95. The van der Waals surface area contributed by atoms with Gasteiger partial charge >= 0.3 is 6.03 Å². The van der Waals surface area contributed by atoms with Gasteiger partial charge in [0.2, 0.25) is 0 Å². The van der Waals surface area contributed by atoms with Crippen LogP contribution in [0.4, 0.5) is 4.79 Å². The Bertz CT molecular complexity index is 401. The molecule has 140 valence electrons. The van der Waals surface area contributed by atoms with Gasteiger partial charge in [-0.25, -0.2) is 4.79 Å². The SMILES string of the molecule is CC(C)NC(=O)NC[C@H]1C[C@@H]2CCN1C[C@@H]2CN(C)CCN(C)C. The van der Waals surface area contributed by atoms with Crippen LogP contribution in [0.25, 0.3) is 0 Å². The first kappa shape index (κ1) is 19.5. The molecule has 6 heteroatoms. The van der Waals surface area contributed by atoms with Gasteiger partial charge in [-0.3, -0.25) is 4.90 Å². The smallest absolute Gasteiger partial charge is 0.315 e. The average molecular weight is 340 g/mol. The Hall–Kier alpha value is -0.850. The third-order valence-corrected chi connectivity index (χ3v) is 5.41. The standard InChI is InChI=1S/C18H37N5O/c1-14(2)20-18(24)19-11-17-10-15-6-7-23(17)13-16(15)12-22(5)9-8-21(3)4/h14-17H,6-13H2,1-5H3,(H2,19,20,24)/t15-,16-,17+/m0/s1. The molecule has 0 aromatic rings. The molecule has 0 radical (unpaired) electrons. The molecule has 0 spiro atoms. The lowest BCUT2D eigenvalue weighted by Crippen LogP contribution is -2.59. The average Bonchev–Trinajstić information content (AvgIpc) is 2.51. The van der Waals surface area contributed by atoms with Crippen molar-refractivity contribution in [2.24, 2.45) is 11.8 Å². The van der Waals surface area contributed by atoms with Crippen molar-refractivity contribution in [1.82, 2.24) is 25.3 Å². The van der Waals surface area contributed by atoms with E-state index >= 15 is 0 Å². The number of likely N-dealkylation sites (N-methyl/N-ethyl adjacent to an activating group) is 2.